The third kappa shape index (κ3) is 3.76. The highest BCUT2D eigenvalue weighted by Gasteiger charge is 2.35. The van der Waals surface area contributed by atoms with Crippen molar-refractivity contribution in [3.8, 4) is 0 Å². The lowest BCUT2D eigenvalue weighted by molar-refractivity contribution is -0.121. The summed E-state index contributed by atoms with van der Waals surface area (Å²) in [5, 5.41) is 7.71. The maximum Gasteiger partial charge on any atom is 0.261 e. The largest absolute Gasteiger partial charge is 0.354 e. The van der Waals surface area contributed by atoms with Gasteiger partial charge in [0.25, 0.3) is 11.8 Å². The normalized spacial score (nSPS) is 18.1. The van der Waals surface area contributed by atoms with E-state index in [0.717, 1.165) is 0 Å². The zero-order valence-electron chi connectivity index (χ0n) is 17.0. The lowest BCUT2D eigenvalue weighted by Gasteiger charge is -2.13. The zero-order valence-corrected chi connectivity index (χ0v) is 17.0. The number of imide groups is 1. The number of carbonyl (C=O) groups excluding carboxylic acids is 3. The average Bonchev–Trinajstić information content (AvgIpc) is 3.68. The number of rotatable bonds is 9. The van der Waals surface area contributed by atoms with Crippen LogP contribution in [-0.4, -0.2) is 45.5 Å². The molecule has 3 amide bonds. The molecule has 1 N–H and O–H groups in total. The van der Waals surface area contributed by atoms with Crippen LogP contribution in [0.4, 0.5) is 0 Å². The van der Waals surface area contributed by atoms with Crippen LogP contribution in [0.2, 0.25) is 0 Å². The van der Waals surface area contributed by atoms with Gasteiger partial charge in [0.2, 0.25) is 5.91 Å². The summed E-state index contributed by atoms with van der Waals surface area (Å²) in [5.41, 5.74) is 3.42. The average molecular weight is 406 g/mol. The minimum absolute atomic E-state index is 0.0610. The summed E-state index contributed by atoms with van der Waals surface area (Å²) in [6.07, 6.45) is 5.70. The number of fused-ring (bicyclic) bond motifs is 1. The molecule has 1 aromatic heterocycles. The maximum absolute atomic E-state index is 12.4. The van der Waals surface area contributed by atoms with E-state index in [1.54, 1.807) is 24.3 Å². The van der Waals surface area contributed by atoms with Gasteiger partial charge in [-0.3, -0.25) is 24.0 Å². The molecule has 7 heteroatoms. The zero-order chi connectivity index (χ0) is 20.7. The summed E-state index contributed by atoms with van der Waals surface area (Å²) >= 11 is 0. The van der Waals surface area contributed by atoms with E-state index in [2.05, 4.69) is 16.1 Å². The number of nitrogens with zero attached hydrogens (tertiary/aromatic N) is 3. The Kier molecular flexibility index (Phi) is 4.89. The van der Waals surface area contributed by atoms with Crippen molar-refractivity contribution in [1.82, 2.24) is 20.0 Å². The van der Waals surface area contributed by atoms with Crippen molar-refractivity contribution < 1.29 is 14.4 Å². The molecule has 30 heavy (non-hydrogen) atoms. The highest BCUT2D eigenvalue weighted by molar-refractivity contribution is 6.21. The molecule has 7 nitrogen and oxygen atoms in total. The van der Waals surface area contributed by atoms with Gasteiger partial charge in [-0.1, -0.05) is 12.1 Å². The van der Waals surface area contributed by atoms with Crippen LogP contribution in [-0.2, 0) is 11.3 Å². The first-order valence-electron chi connectivity index (χ1n) is 10.9. The van der Waals surface area contributed by atoms with Crippen molar-refractivity contribution in [2.75, 3.05) is 13.1 Å². The quantitative estimate of drug-likeness (QED) is 0.649. The van der Waals surface area contributed by atoms with Gasteiger partial charge in [-0.2, -0.15) is 5.10 Å². The molecule has 2 aliphatic carbocycles. The van der Waals surface area contributed by atoms with Crippen molar-refractivity contribution in [3.05, 3.63) is 52.8 Å². The van der Waals surface area contributed by atoms with E-state index >= 15 is 0 Å². The molecule has 2 heterocycles. The summed E-state index contributed by atoms with van der Waals surface area (Å²) < 4.78 is 2.07. The van der Waals surface area contributed by atoms with Gasteiger partial charge >= 0.3 is 0 Å². The van der Waals surface area contributed by atoms with Gasteiger partial charge in [0.15, 0.2) is 0 Å². The highest BCUT2D eigenvalue weighted by Crippen LogP contribution is 2.44. The Balaban J connectivity index is 1.07. The molecule has 2 aromatic rings. The molecule has 0 spiro atoms. The van der Waals surface area contributed by atoms with Crippen LogP contribution < -0.4 is 5.32 Å². The fourth-order valence-corrected chi connectivity index (χ4v) is 4.15. The number of benzene rings is 1. The Hall–Kier alpha value is -2.96. The third-order valence-electron chi connectivity index (χ3n) is 6.13. The van der Waals surface area contributed by atoms with E-state index < -0.39 is 0 Å². The summed E-state index contributed by atoms with van der Waals surface area (Å²) in [6.45, 7) is 1.48. The van der Waals surface area contributed by atoms with Crippen LogP contribution >= 0.6 is 0 Å². The van der Waals surface area contributed by atoms with Crippen LogP contribution in [0.15, 0.2) is 30.3 Å². The topological polar surface area (TPSA) is 84.3 Å². The smallest absolute Gasteiger partial charge is 0.261 e. The molecule has 1 aliphatic heterocycles. The van der Waals surface area contributed by atoms with Crippen molar-refractivity contribution in [3.63, 3.8) is 0 Å². The molecular weight excluding hydrogens is 380 g/mol. The van der Waals surface area contributed by atoms with Gasteiger partial charge in [0.05, 0.1) is 23.4 Å². The van der Waals surface area contributed by atoms with E-state index in [1.165, 1.54) is 42.0 Å². The fraction of sp³-hybridized carbons (Fsp3) is 0.478. The van der Waals surface area contributed by atoms with Crippen molar-refractivity contribution in [1.29, 1.82) is 0 Å². The van der Waals surface area contributed by atoms with Gasteiger partial charge in [0.1, 0.15) is 0 Å². The summed E-state index contributed by atoms with van der Waals surface area (Å²) in [7, 11) is 0. The molecular formula is C23H26N4O3. The SMILES string of the molecule is O=C(CCCN1C(=O)c2ccccc2C1=O)NCCn1nc(C2CC2)cc1C1CC1. The molecule has 0 atom stereocenters. The third-order valence-corrected chi connectivity index (χ3v) is 6.13. The Morgan fingerprint density at radius 3 is 2.30 bits per heavy atom. The van der Waals surface area contributed by atoms with E-state index in [0.29, 0.717) is 42.5 Å². The van der Waals surface area contributed by atoms with Crippen LogP contribution in [0.3, 0.4) is 0 Å². The first kappa shape index (κ1) is 19.0. The Morgan fingerprint density at radius 1 is 1.00 bits per heavy atom. The number of amides is 3. The van der Waals surface area contributed by atoms with Gasteiger partial charge in [-0.15, -0.1) is 0 Å². The minimum Gasteiger partial charge on any atom is -0.354 e. The number of hydrogen-bond donors (Lipinski definition) is 1. The number of carbonyl (C=O) groups is 3. The van der Waals surface area contributed by atoms with Gasteiger partial charge in [0, 0.05) is 37.0 Å². The second-order valence-electron chi connectivity index (χ2n) is 8.53. The molecule has 0 unspecified atom stereocenters. The summed E-state index contributed by atoms with van der Waals surface area (Å²) in [6, 6.07) is 9.11. The van der Waals surface area contributed by atoms with E-state index in [9.17, 15) is 14.4 Å². The van der Waals surface area contributed by atoms with E-state index in [4.69, 9.17) is 5.10 Å². The number of hydrogen-bond acceptors (Lipinski definition) is 4. The predicted molar refractivity (Wildman–Crippen MR) is 110 cm³/mol. The maximum atomic E-state index is 12.4. The van der Waals surface area contributed by atoms with Crippen molar-refractivity contribution in [2.45, 2.75) is 56.9 Å². The Bertz CT molecular complexity index is 969. The minimum atomic E-state index is -0.270. The predicted octanol–water partition coefficient (Wildman–Crippen LogP) is 2.83. The molecule has 3 aliphatic rings. The van der Waals surface area contributed by atoms with Gasteiger partial charge in [-0.25, -0.2) is 0 Å². The summed E-state index contributed by atoms with van der Waals surface area (Å²) in [4.78, 5) is 38.2. The molecule has 156 valence electrons. The van der Waals surface area contributed by atoms with Crippen LogP contribution in [0.5, 0.6) is 0 Å². The lowest BCUT2D eigenvalue weighted by Crippen LogP contribution is -2.32. The second-order valence-corrected chi connectivity index (χ2v) is 8.53. The lowest BCUT2D eigenvalue weighted by atomic mass is 10.1. The van der Waals surface area contributed by atoms with Gasteiger partial charge in [-0.05, 0) is 50.3 Å². The van der Waals surface area contributed by atoms with E-state index in [1.807, 2.05) is 0 Å². The number of aromatic nitrogens is 2. The molecule has 0 saturated heterocycles. The molecule has 1 aromatic carbocycles. The molecule has 2 saturated carbocycles. The Morgan fingerprint density at radius 2 is 1.67 bits per heavy atom. The molecule has 5 rings (SSSR count). The Labute approximate surface area is 175 Å². The van der Waals surface area contributed by atoms with Crippen LogP contribution in [0.25, 0.3) is 0 Å². The second kappa shape index (κ2) is 7.70. The molecule has 2 fully saturated rings. The standard InChI is InChI=1S/C23H26N4O3/c28-21(6-3-12-26-22(29)17-4-1-2-5-18(17)23(26)30)24-11-13-27-20(16-9-10-16)14-19(25-27)15-7-8-15/h1-2,4-5,14-16H,3,6-13H2,(H,24,28). The fourth-order valence-electron chi connectivity index (χ4n) is 4.15. The van der Waals surface area contributed by atoms with E-state index in [-0.39, 0.29) is 30.7 Å². The first-order valence-corrected chi connectivity index (χ1v) is 10.9. The molecule has 0 bridgehead atoms. The highest BCUT2D eigenvalue weighted by atomic mass is 16.2. The summed E-state index contributed by atoms with van der Waals surface area (Å²) in [5.74, 6) is 0.678. The number of nitrogens with one attached hydrogen (secondary N) is 1. The van der Waals surface area contributed by atoms with Crippen molar-refractivity contribution >= 4 is 17.7 Å². The van der Waals surface area contributed by atoms with Gasteiger partial charge < -0.3 is 5.32 Å². The van der Waals surface area contributed by atoms with Crippen LogP contribution in [0.1, 0.15) is 82.5 Å². The van der Waals surface area contributed by atoms with Crippen LogP contribution in [0, 0.1) is 0 Å². The monoisotopic (exact) mass is 406 g/mol. The van der Waals surface area contributed by atoms with Crippen molar-refractivity contribution in [2.24, 2.45) is 0 Å². The molecule has 0 radical (unpaired) electrons. The first-order chi connectivity index (χ1) is 14.6.